The van der Waals surface area contributed by atoms with E-state index in [4.69, 9.17) is 16.7 Å². The Labute approximate surface area is 120 Å². The van der Waals surface area contributed by atoms with E-state index < -0.39 is 11.9 Å². The number of aromatic carboxylic acids is 1. The number of hydrogen-bond donors (Lipinski definition) is 2. The summed E-state index contributed by atoms with van der Waals surface area (Å²) in [5.41, 5.74) is 1.52. The van der Waals surface area contributed by atoms with E-state index in [1.165, 1.54) is 24.4 Å². The zero-order valence-electron chi connectivity index (χ0n) is 10.6. The molecule has 0 spiro atoms. The van der Waals surface area contributed by atoms with Crippen molar-refractivity contribution in [2.75, 3.05) is 5.32 Å². The van der Waals surface area contributed by atoms with Gasteiger partial charge in [0.05, 0.1) is 21.8 Å². The second-order valence-corrected chi connectivity index (χ2v) is 4.61. The van der Waals surface area contributed by atoms with Gasteiger partial charge < -0.3 is 10.4 Å². The van der Waals surface area contributed by atoms with Crippen molar-refractivity contribution in [1.82, 2.24) is 4.98 Å². The number of aryl methyl sites for hydroxylation is 1. The Balaban J connectivity index is 2.27. The van der Waals surface area contributed by atoms with E-state index >= 15 is 0 Å². The van der Waals surface area contributed by atoms with Gasteiger partial charge in [-0.3, -0.25) is 9.78 Å². The molecule has 0 saturated heterocycles. The summed E-state index contributed by atoms with van der Waals surface area (Å²) in [6.07, 6.45) is 3.06. The van der Waals surface area contributed by atoms with Crippen molar-refractivity contribution in [3.8, 4) is 0 Å². The number of nitrogens with one attached hydrogen (secondary N) is 1. The number of aromatic nitrogens is 1. The van der Waals surface area contributed by atoms with Gasteiger partial charge in [0, 0.05) is 12.4 Å². The van der Waals surface area contributed by atoms with Gasteiger partial charge in [-0.15, -0.1) is 0 Å². The van der Waals surface area contributed by atoms with Gasteiger partial charge in [-0.2, -0.15) is 0 Å². The monoisotopic (exact) mass is 290 g/mol. The van der Waals surface area contributed by atoms with Gasteiger partial charge in [0.15, 0.2) is 0 Å². The fourth-order valence-electron chi connectivity index (χ4n) is 1.63. The van der Waals surface area contributed by atoms with Crippen molar-refractivity contribution in [1.29, 1.82) is 0 Å². The van der Waals surface area contributed by atoms with E-state index in [2.05, 4.69) is 10.3 Å². The molecule has 0 saturated carbocycles. The molecule has 0 fully saturated rings. The Morgan fingerprint density at radius 3 is 2.60 bits per heavy atom. The first-order valence-corrected chi connectivity index (χ1v) is 6.11. The smallest absolute Gasteiger partial charge is 0.335 e. The van der Waals surface area contributed by atoms with E-state index in [9.17, 15) is 9.59 Å². The first-order valence-electron chi connectivity index (χ1n) is 5.73. The first kappa shape index (κ1) is 14.0. The number of amides is 1. The topological polar surface area (TPSA) is 79.3 Å². The number of benzene rings is 1. The van der Waals surface area contributed by atoms with E-state index in [0.717, 1.165) is 5.56 Å². The number of pyridine rings is 1. The fraction of sp³-hybridized carbons (Fsp3) is 0.0714. The molecular formula is C14H11ClN2O3. The number of carboxylic acid groups (broad SMARTS) is 1. The Kier molecular flexibility index (Phi) is 4.00. The third-order valence-electron chi connectivity index (χ3n) is 2.60. The summed E-state index contributed by atoms with van der Waals surface area (Å²) in [6, 6.07) is 5.78. The molecule has 2 rings (SSSR count). The number of carboxylic acids is 1. The van der Waals surface area contributed by atoms with Crippen LogP contribution in [0.1, 0.15) is 26.3 Å². The summed E-state index contributed by atoms with van der Waals surface area (Å²) in [5, 5.41) is 11.8. The molecule has 1 heterocycles. The van der Waals surface area contributed by atoms with Gasteiger partial charge in [-0.05, 0) is 36.8 Å². The zero-order valence-corrected chi connectivity index (χ0v) is 11.3. The standard InChI is InChI=1S/C14H11ClN2O3/c1-8-4-10(7-16-6-8)13(18)17-12-5-9(14(19)20)2-3-11(12)15/h2-7H,1H3,(H,17,18)(H,19,20). The van der Waals surface area contributed by atoms with Crippen molar-refractivity contribution in [3.05, 3.63) is 58.4 Å². The second-order valence-electron chi connectivity index (χ2n) is 4.20. The summed E-state index contributed by atoms with van der Waals surface area (Å²) >= 11 is 5.94. The molecule has 5 nitrogen and oxygen atoms in total. The maximum atomic E-state index is 12.0. The molecule has 20 heavy (non-hydrogen) atoms. The van der Waals surface area contributed by atoms with Gasteiger partial charge >= 0.3 is 5.97 Å². The molecule has 0 unspecified atom stereocenters. The number of carbonyl (C=O) groups is 2. The van der Waals surface area contributed by atoms with Crippen molar-refractivity contribution in [3.63, 3.8) is 0 Å². The lowest BCUT2D eigenvalue weighted by Gasteiger charge is -2.08. The predicted octanol–water partition coefficient (Wildman–Crippen LogP) is 2.99. The highest BCUT2D eigenvalue weighted by Gasteiger charge is 2.12. The van der Waals surface area contributed by atoms with Crippen LogP contribution in [0.4, 0.5) is 5.69 Å². The third kappa shape index (κ3) is 3.13. The van der Waals surface area contributed by atoms with Crippen LogP contribution in [0.5, 0.6) is 0 Å². The van der Waals surface area contributed by atoms with Gasteiger partial charge in [-0.25, -0.2) is 4.79 Å². The highest BCUT2D eigenvalue weighted by Crippen LogP contribution is 2.23. The quantitative estimate of drug-likeness (QED) is 0.911. The van der Waals surface area contributed by atoms with Crippen LogP contribution in [0, 0.1) is 6.92 Å². The van der Waals surface area contributed by atoms with Gasteiger partial charge in [0.2, 0.25) is 0 Å². The Morgan fingerprint density at radius 1 is 1.20 bits per heavy atom. The molecule has 2 aromatic rings. The van der Waals surface area contributed by atoms with E-state index in [1.54, 1.807) is 12.3 Å². The number of nitrogens with zero attached hydrogens (tertiary/aromatic N) is 1. The highest BCUT2D eigenvalue weighted by molar-refractivity contribution is 6.34. The van der Waals surface area contributed by atoms with Crippen LogP contribution in [0.15, 0.2) is 36.7 Å². The van der Waals surface area contributed by atoms with E-state index in [1.807, 2.05) is 6.92 Å². The molecule has 2 N–H and O–H groups in total. The van der Waals surface area contributed by atoms with Crippen molar-refractivity contribution >= 4 is 29.2 Å². The Bertz CT molecular complexity index is 686. The second kappa shape index (κ2) is 5.71. The molecule has 0 aliphatic rings. The maximum Gasteiger partial charge on any atom is 0.335 e. The van der Waals surface area contributed by atoms with Crippen LogP contribution in [-0.2, 0) is 0 Å². The highest BCUT2D eigenvalue weighted by atomic mass is 35.5. The minimum absolute atomic E-state index is 0.0482. The fourth-order valence-corrected chi connectivity index (χ4v) is 1.79. The average Bonchev–Trinajstić information content (AvgIpc) is 2.41. The lowest BCUT2D eigenvalue weighted by molar-refractivity contribution is 0.0696. The molecule has 6 heteroatoms. The van der Waals surface area contributed by atoms with E-state index in [0.29, 0.717) is 5.56 Å². The van der Waals surface area contributed by atoms with Crippen molar-refractivity contribution in [2.24, 2.45) is 0 Å². The normalized spacial score (nSPS) is 10.1. The molecule has 1 amide bonds. The lowest BCUT2D eigenvalue weighted by Crippen LogP contribution is -2.13. The van der Waals surface area contributed by atoms with Crippen LogP contribution >= 0.6 is 11.6 Å². The summed E-state index contributed by atoms with van der Waals surface area (Å²) < 4.78 is 0. The van der Waals surface area contributed by atoms with E-state index in [-0.39, 0.29) is 16.3 Å². The van der Waals surface area contributed by atoms with Crippen LogP contribution in [-0.4, -0.2) is 22.0 Å². The number of hydrogen-bond acceptors (Lipinski definition) is 3. The molecule has 0 radical (unpaired) electrons. The number of anilines is 1. The molecule has 1 aromatic carbocycles. The van der Waals surface area contributed by atoms with Crippen LogP contribution < -0.4 is 5.32 Å². The largest absolute Gasteiger partial charge is 0.478 e. The van der Waals surface area contributed by atoms with Crippen molar-refractivity contribution in [2.45, 2.75) is 6.92 Å². The molecule has 0 atom stereocenters. The maximum absolute atomic E-state index is 12.0. The van der Waals surface area contributed by atoms with Crippen LogP contribution in [0.2, 0.25) is 5.02 Å². The molecule has 0 bridgehead atoms. The minimum Gasteiger partial charge on any atom is -0.478 e. The predicted molar refractivity (Wildman–Crippen MR) is 75.3 cm³/mol. The molecule has 0 aliphatic heterocycles. The average molecular weight is 291 g/mol. The Morgan fingerprint density at radius 2 is 1.95 bits per heavy atom. The number of carbonyl (C=O) groups excluding carboxylic acids is 1. The number of rotatable bonds is 3. The van der Waals surface area contributed by atoms with Gasteiger partial charge in [0.25, 0.3) is 5.91 Å². The van der Waals surface area contributed by atoms with Gasteiger partial charge in [0.1, 0.15) is 0 Å². The molecule has 0 aliphatic carbocycles. The number of halogens is 1. The molecule has 1 aromatic heterocycles. The van der Waals surface area contributed by atoms with Crippen molar-refractivity contribution < 1.29 is 14.7 Å². The summed E-state index contributed by atoms with van der Waals surface area (Å²) in [4.78, 5) is 26.9. The van der Waals surface area contributed by atoms with Crippen LogP contribution in [0.3, 0.4) is 0 Å². The molecule has 102 valence electrons. The van der Waals surface area contributed by atoms with Crippen LogP contribution in [0.25, 0.3) is 0 Å². The SMILES string of the molecule is Cc1cncc(C(=O)Nc2cc(C(=O)O)ccc2Cl)c1. The summed E-state index contributed by atoms with van der Waals surface area (Å²) in [6.45, 7) is 1.82. The summed E-state index contributed by atoms with van der Waals surface area (Å²) in [5.74, 6) is -1.49. The Hall–Kier alpha value is -2.40. The van der Waals surface area contributed by atoms with Gasteiger partial charge in [-0.1, -0.05) is 11.6 Å². The summed E-state index contributed by atoms with van der Waals surface area (Å²) in [7, 11) is 0. The zero-order chi connectivity index (χ0) is 14.7. The first-order chi connectivity index (χ1) is 9.47. The lowest BCUT2D eigenvalue weighted by atomic mass is 10.1. The molecular weight excluding hydrogens is 280 g/mol. The third-order valence-corrected chi connectivity index (χ3v) is 2.93. The minimum atomic E-state index is -1.09.